The molecule has 21 heavy (non-hydrogen) atoms. The summed E-state index contributed by atoms with van der Waals surface area (Å²) in [6.07, 6.45) is 9.91. The van der Waals surface area contributed by atoms with Crippen molar-refractivity contribution < 1.29 is 4.74 Å². The molecule has 1 aromatic heterocycles. The van der Waals surface area contributed by atoms with Gasteiger partial charge in [0.05, 0.1) is 5.60 Å². The molecule has 1 fully saturated rings. The predicted molar refractivity (Wildman–Crippen MR) is 95.2 cm³/mol. The van der Waals surface area contributed by atoms with Crippen molar-refractivity contribution in [2.24, 2.45) is 0 Å². The largest absolute Gasteiger partial charge is 0.377 e. The highest BCUT2D eigenvalue weighted by molar-refractivity contribution is 9.10. The van der Waals surface area contributed by atoms with Crippen LogP contribution in [0.2, 0.25) is 0 Å². The predicted octanol–water partition coefficient (Wildman–Crippen LogP) is 5.16. The Bertz CT molecular complexity index is 413. The highest BCUT2D eigenvalue weighted by Crippen LogP contribution is 2.36. The lowest BCUT2D eigenvalue weighted by Gasteiger charge is -2.40. The molecule has 2 rings (SSSR count). The van der Waals surface area contributed by atoms with Gasteiger partial charge >= 0.3 is 0 Å². The van der Waals surface area contributed by atoms with E-state index < -0.39 is 0 Å². The van der Waals surface area contributed by atoms with E-state index in [0.717, 1.165) is 13.0 Å². The first-order chi connectivity index (χ1) is 10.2. The molecule has 120 valence electrons. The second-order valence-electron chi connectivity index (χ2n) is 6.09. The van der Waals surface area contributed by atoms with E-state index >= 15 is 0 Å². The Hall–Kier alpha value is 0.1000. The fourth-order valence-corrected chi connectivity index (χ4v) is 5.00. The van der Waals surface area contributed by atoms with Gasteiger partial charge < -0.3 is 10.1 Å². The van der Waals surface area contributed by atoms with Crippen LogP contribution >= 0.6 is 27.3 Å². The molecule has 1 saturated carbocycles. The van der Waals surface area contributed by atoms with Crippen molar-refractivity contribution in [2.45, 2.75) is 69.9 Å². The van der Waals surface area contributed by atoms with Crippen molar-refractivity contribution in [2.75, 3.05) is 13.7 Å². The summed E-state index contributed by atoms with van der Waals surface area (Å²) in [5, 5.41) is 5.95. The molecule has 1 heterocycles. The van der Waals surface area contributed by atoms with Gasteiger partial charge in [0.25, 0.3) is 0 Å². The van der Waals surface area contributed by atoms with Crippen LogP contribution in [-0.4, -0.2) is 25.3 Å². The summed E-state index contributed by atoms with van der Waals surface area (Å²) in [4.78, 5) is 1.43. The zero-order chi connectivity index (χ0) is 15.1. The lowest BCUT2D eigenvalue weighted by Crippen LogP contribution is -2.53. The summed E-state index contributed by atoms with van der Waals surface area (Å²) in [5.74, 6) is 0. The Labute approximate surface area is 141 Å². The van der Waals surface area contributed by atoms with Crippen molar-refractivity contribution in [1.29, 1.82) is 0 Å². The average molecular weight is 374 g/mol. The van der Waals surface area contributed by atoms with E-state index in [1.807, 2.05) is 18.4 Å². The van der Waals surface area contributed by atoms with E-state index in [-0.39, 0.29) is 5.60 Å². The van der Waals surface area contributed by atoms with Crippen LogP contribution in [0.1, 0.15) is 56.7 Å². The number of hydrogen-bond donors (Lipinski definition) is 1. The number of nitrogens with one attached hydrogen (secondary N) is 1. The van der Waals surface area contributed by atoms with E-state index in [2.05, 4.69) is 39.6 Å². The number of rotatable bonds is 7. The lowest BCUT2D eigenvalue weighted by atomic mass is 9.83. The van der Waals surface area contributed by atoms with Crippen LogP contribution in [0.5, 0.6) is 0 Å². The zero-order valence-electron chi connectivity index (χ0n) is 13.3. The highest BCUT2D eigenvalue weighted by Gasteiger charge is 2.39. The Morgan fingerprint density at radius 1 is 1.33 bits per heavy atom. The van der Waals surface area contributed by atoms with Gasteiger partial charge in [0.2, 0.25) is 0 Å². The van der Waals surface area contributed by atoms with Crippen molar-refractivity contribution in [1.82, 2.24) is 5.32 Å². The van der Waals surface area contributed by atoms with Crippen molar-refractivity contribution in [3.63, 3.8) is 0 Å². The molecule has 1 unspecified atom stereocenters. The molecule has 4 heteroatoms. The summed E-state index contributed by atoms with van der Waals surface area (Å²) < 4.78 is 7.38. The average Bonchev–Trinajstić information content (AvgIpc) is 2.77. The topological polar surface area (TPSA) is 21.3 Å². The third-order valence-corrected chi connectivity index (χ3v) is 6.66. The quantitative estimate of drug-likeness (QED) is 0.666. The second kappa shape index (κ2) is 8.66. The molecular weight excluding hydrogens is 346 g/mol. The molecule has 1 N–H and O–H groups in total. The van der Waals surface area contributed by atoms with Crippen molar-refractivity contribution >= 4 is 27.3 Å². The first-order valence-electron chi connectivity index (χ1n) is 8.22. The van der Waals surface area contributed by atoms with Gasteiger partial charge in [0.1, 0.15) is 0 Å². The maximum absolute atomic E-state index is 6.13. The fraction of sp³-hybridized carbons (Fsp3) is 0.765. The maximum atomic E-state index is 6.13. The molecule has 1 aliphatic rings. The summed E-state index contributed by atoms with van der Waals surface area (Å²) in [6, 6.07) is 2.57. The molecule has 0 radical (unpaired) electrons. The van der Waals surface area contributed by atoms with Gasteiger partial charge in [-0.05, 0) is 53.2 Å². The van der Waals surface area contributed by atoms with Crippen molar-refractivity contribution in [3.8, 4) is 0 Å². The SMILES string of the molecule is CCCNC(Cc1sccc1Br)C1(OC)CCCCCC1. The third kappa shape index (κ3) is 4.54. The molecule has 0 amide bonds. The normalized spacial score (nSPS) is 20.1. The standard InChI is InChI=1S/C17H28BrNOS/c1-3-11-19-16(13-15-14(18)8-12-21-15)17(20-2)9-6-4-5-7-10-17/h8,12,16,19H,3-7,9-11,13H2,1-2H3. The minimum absolute atomic E-state index is 0.00903. The Kier molecular flexibility index (Phi) is 7.20. The second-order valence-corrected chi connectivity index (χ2v) is 7.94. The van der Waals surface area contributed by atoms with Gasteiger partial charge in [0.15, 0.2) is 0 Å². The van der Waals surface area contributed by atoms with Gasteiger partial charge in [-0.3, -0.25) is 0 Å². The van der Waals surface area contributed by atoms with Gasteiger partial charge in [-0.2, -0.15) is 0 Å². The number of ether oxygens (including phenoxy) is 1. The van der Waals surface area contributed by atoms with E-state index in [9.17, 15) is 0 Å². The lowest BCUT2D eigenvalue weighted by molar-refractivity contribution is -0.0524. The molecule has 1 aliphatic carbocycles. The van der Waals surface area contributed by atoms with E-state index in [1.54, 1.807) is 0 Å². The molecule has 1 aromatic rings. The summed E-state index contributed by atoms with van der Waals surface area (Å²) in [5.41, 5.74) is 0.00903. The Morgan fingerprint density at radius 3 is 2.57 bits per heavy atom. The molecule has 2 nitrogen and oxygen atoms in total. The van der Waals surface area contributed by atoms with Crippen LogP contribution < -0.4 is 5.32 Å². The molecule has 0 spiro atoms. The molecule has 1 atom stereocenters. The zero-order valence-corrected chi connectivity index (χ0v) is 15.7. The Balaban J connectivity index is 2.17. The summed E-state index contributed by atoms with van der Waals surface area (Å²) >= 11 is 5.53. The number of hydrogen-bond acceptors (Lipinski definition) is 3. The minimum atomic E-state index is 0.00903. The summed E-state index contributed by atoms with van der Waals surface area (Å²) in [7, 11) is 1.91. The fourth-order valence-electron chi connectivity index (χ4n) is 3.44. The molecule has 0 bridgehead atoms. The molecular formula is C17H28BrNOS. The van der Waals surface area contributed by atoms with E-state index in [0.29, 0.717) is 6.04 Å². The van der Waals surface area contributed by atoms with Gasteiger partial charge in [-0.15, -0.1) is 11.3 Å². The molecule has 0 aliphatic heterocycles. The minimum Gasteiger partial charge on any atom is -0.377 e. The molecule has 0 aromatic carbocycles. The highest BCUT2D eigenvalue weighted by atomic mass is 79.9. The van der Waals surface area contributed by atoms with Gasteiger partial charge in [-0.25, -0.2) is 0 Å². The number of halogens is 1. The Morgan fingerprint density at radius 2 is 2.05 bits per heavy atom. The maximum Gasteiger partial charge on any atom is 0.0834 e. The number of thiophene rings is 1. The van der Waals surface area contributed by atoms with Gasteiger partial charge in [-0.1, -0.05) is 32.6 Å². The first kappa shape index (κ1) is 17.5. The van der Waals surface area contributed by atoms with E-state index in [4.69, 9.17) is 4.74 Å². The smallest absolute Gasteiger partial charge is 0.0834 e. The van der Waals surface area contributed by atoms with Gasteiger partial charge in [0, 0.05) is 28.9 Å². The van der Waals surface area contributed by atoms with Crippen LogP contribution in [0.3, 0.4) is 0 Å². The van der Waals surface area contributed by atoms with E-state index in [1.165, 1.54) is 54.3 Å². The molecule has 0 saturated heterocycles. The third-order valence-electron chi connectivity index (χ3n) is 4.71. The van der Waals surface area contributed by atoms with Crippen LogP contribution in [0, 0.1) is 0 Å². The first-order valence-corrected chi connectivity index (χ1v) is 9.89. The monoisotopic (exact) mass is 373 g/mol. The summed E-state index contributed by atoms with van der Waals surface area (Å²) in [6.45, 7) is 3.30. The van der Waals surface area contributed by atoms with Crippen LogP contribution in [0.15, 0.2) is 15.9 Å². The van der Waals surface area contributed by atoms with Crippen LogP contribution in [0.4, 0.5) is 0 Å². The van der Waals surface area contributed by atoms with Crippen LogP contribution in [0.25, 0.3) is 0 Å². The number of methoxy groups -OCH3 is 1. The van der Waals surface area contributed by atoms with Crippen molar-refractivity contribution in [3.05, 3.63) is 20.8 Å². The van der Waals surface area contributed by atoms with Crippen LogP contribution in [-0.2, 0) is 11.2 Å².